The molecule has 2 saturated carbocycles. The molecule has 0 aliphatic heterocycles. The van der Waals surface area contributed by atoms with Crippen molar-refractivity contribution in [3.8, 4) is 0 Å². The van der Waals surface area contributed by atoms with Gasteiger partial charge in [-0.2, -0.15) is 0 Å². The van der Waals surface area contributed by atoms with Crippen LogP contribution in [0.25, 0.3) is 0 Å². The summed E-state index contributed by atoms with van der Waals surface area (Å²) in [6.07, 6.45) is 6.74. The van der Waals surface area contributed by atoms with E-state index in [0.717, 1.165) is 38.5 Å². The number of amides is 1. The van der Waals surface area contributed by atoms with Crippen LogP contribution in [0.5, 0.6) is 0 Å². The van der Waals surface area contributed by atoms with Crippen molar-refractivity contribution in [3.63, 3.8) is 0 Å². The molecule has 0 aromatic carbocycles. The second-order valence-corrected chi connectivity index (χ2v) is 6.27. The van der Waals surface area contributed by atoms with E-state index >= 15 is 0 Å². The molecule has 3 N–H and O–H groups in total. The minimum Gasteiger partial charge on any atom is -0.481 e. The van der Waals surface area contributed by atoms with Crippen LogP contribution >= 0.6 is 0 Å². The molecule has 0 unspecified atom stereocenters. The number of carboxylic acid groups (broad SMARTS) is 1. The van der Waals surface area contributed by atoms with Gasteiger partial charge in [0.2, 0.25) is 5.91 Å². The van der Waals surface area contributed by atoms with E-state index in [1.165, 1.54) is 0 Å². The van der Waals surface area contributed by atoms with E-state index in [2.05, 4.69) is 5.32 Å². The molecule has 2 atom stereocenters. The summed E-state index contributed by atoms with van der Waals surface area (Å²) in [7, 11) is 0. The maximum atomic E-state index is 12.0. The summed E-state index contributed by atoms with van der Waals surface area (Å²) in [6.45, 7) is 0. The molecule has 0 bridgehead atoms. The first-order chi connectivity index (χ1) is 9.56. The standard InChI is InChI=1S/C15H25NO4/c17-13-4-2-1-3-11(13)9-14(18)16-12-7-5-10(6-8-12)15(19)20/h10-13,17H,1-9H2,(H,16,18)(H,19,20)/t10?,11-,12?,13+/m0/s1. The molecule has 0 radical (unpaired) electrons. The van der Waals surface area contributed by atoms with Crippen molar-refractivity contribution in [2.24, 2.45) is 11.8 Å². The summed E-state index contributed by atoms with van der Waals surface area (Å²) in [6, 6.07) is 0.110. The second kappa shape index (κ2) is 7.07. The predicted octanol–water partition coefficient (Wildman–Crippen LogP) is 1.69. The summed E-state index contributed by atoms with van der Waals surface area (Å²) in [5.74, 6) is -0.864. The SMILES string of the molecule is O=C(C[C@@H]1CCCC[C@H]1O)NC1CCC(C(=O)O)CC1. The Labute approximate surface area is 119 Å². The summed E-state index contributed by atoms with van der Waals surface area (Å²) >= 11 is 0. The average Bonchev–Trinajstić information content (AvgIpc) is 2.42. The Hall–Kier alpha value is -1.10. The highest BCUT2D eigenvalue weighted by Gasteiger charge is 2.29. The molecular weight excluding hydrogens is 258 g/mol. The van der Waals surface area contributed by atoms with Crippen LogP contribution in [0, 0.1) is 11.8 Å². The van der Waals surface area contributed by atoms with Crippen LogP contribution in [-0.4, -0.2) is 34.2 Å². The number of carboxylic acids is 1. The van der Waals surface area contributed by atoms with Crippen molar-refractivity contribution in [1.82, 2.24) is 5.32 Å². The monoisotopic (exact) mass is 283 g/mol. The lowest BCUT2D eigenvalue weighted by Gasteiger charge is -2.30. The van der Waals surface area contributed by atoms with Gasteiger partial charge in [-0.1, -0.05) is 12.8 Å². The summed E-state index contributed by atoms with van der Waals surface area (Å²) < 4.78 is 0. The molecule has 0 heterocycles. The molecule has 5 heteroatoms. The normalized spacial score (nSPS) is 34.5. The zero-order chi connectivity index (χ0) is 14.5. The van der Waals surface area contributed by atoms with Crippen LogP contribution in [0.15, 0.2) is 0 Å². The first-order valence-electron chi connectivity index (χ1n) is 7.76. The summed E-state index contributed by atoms with van der Waals surface area (Å²) in [5, 5.41) is 21.8. The molecule has 2 aliphatic rings. The molecule has 0 saturated heterocycles. The molecule has 2 fully saturated rings. The fourth-order valence-electron chi connectivity index (χ4n) is 3.44. The molecule has 1 amide bonds. The number of aliphatic hydroxyl groups is 1. The number of aliphatic carboxylic acids is 1. The number of nitrogens with one attached hydrogen (secondary N) is 1. The predicted molar refractivity (Wildman–Crippen MR) is 74.1 cm³/mol. The van der Waals surface area contributed by atoms with Crippen LogP contribution in [0.1, 0.15) is 57.8 Å². The Balaban J connectivity index is 1.71. The van der Waals surface area contributed by atoms with E-state index in [4.69, 9.17) is 5.11 Å². The number of hydrogen-bond acceptors (Lipinski definition) is 3. The molecule has 20 heavy (non-hydrogen) atoms. The van der Waals surface area contributed by atoms with Crippen LogP contribution in [-0.2, 0) is 9.59 Å². The van der Waals surface area contributed by atoms with Gasteiger partial charge in [-0.25, -0.2) is 0 Å². The van der Waals surface area contributed by atoms with E-state index in [0.29, 0.717) is 19.3 Å². The molecule has 5 nitrogen and oxygen atoms in total. The minimum absolute atomic E-state index is 0.00900. The van der Waals surface area contributed by atoms with Crippen LogP contribution in [0.4, 0.5) is 0 Å². The molecule has 2 aliphatic carbocycles. The van der Waals surface area contributed by atoms with Crippen molar-refractivity contribution >= 4 is 11.9 Å². The smallest absolute Gasteiger partial charge is 0.306 e. The largest absolute Gasteiger partial charge is 0.481 e. The lowest BCUT2D eigenvalue weighted by atomic mass is 9.83. The van der Waals surface area contributed by atoms with Gasteiger partial charge in [-0.15, -0.1) is 0 Å². The van der Waals surface area contributed by atoms with Crippen molar-refractivity contribution in [1.29, 1.82) is 0 Å². The van der Waals surface area contributed by atoms with Gasteiger partial charge in [0.1, 0.15) is 0 Å². The van der Waals surface area contributed by atoms with Crippen molar-refractivity contribution in [2.45, 2.75) is 69.9 Å². The topological polar surface area (TPSA) is 86.6 Å². The Morgan fingerprint density at radius 3 is 2.25 bits per heavy atom. The van der Waals surface area contributed by atoms with E-state index < -0.39 is 5.97 Å². The van der Waals surface area contributed by atoms with E-state index in [1.54, 1.807) is 0 Å². The first-order valence-corrected chi connectivity index (χ1v) is 7.76. The molecule has 0 aromatic heterocycles. The minimum atomic E-state index is -0.722. The number of carbonyl (C=O) groups excluding carboxylic acids is 1. The van der Waals surface area contributed by atoms with Gasteiger partial charge in [0, 0.05) is 12.5 Å². The van der Waals surface area contributed by atoms with E-state index in [-0.39, 0.29) is 29.9 Å². The van der Waals surface area contributed by atoms with Gasteiger partial charge in [0.15, 0.2) is 0 Å². The molecular formula is C15H25NO4. The first kappa shape index (κ1) is 15.3. The third kappa shape index (κ3) is 4.20. The zero-order valence-electron chi connectivity index (χ0n) is 11.9. The Bertz CT molecular complexity index is 350. The fraction of sp³-hybridized carbons (Fsp3) is 0.867. The average molecular weight is 283 g/mol. The van der Waals surface area contributed by atoms with E-state index in [9.17, 15) is 14.7 Å². The zero-order valence-corrected chi connectivity index (χ0v) is 11.9. The van der Waals surface area contributed by atoms with Gasteiger partial charge in [0.25, 0.3) is 0 Å². The summed E-state index contributed by atoms with van der Waals surface area (Å²) in [5.41, 5.74) is 0. The van der Waals surface area contributed by atoms with Gasteiger partial charge in [-0.3, -0.25) is 9.59 Å². The van der Waals surface area contributed by atoms with Crippen LogP contribution in [0.3, 0.4) is 0 Å². The Morgan fingerprint density at radius 1 is 1.00 bits per heavy atom. The lowest BCUT2D eigenvalue weighted by molar-refractivity contribution is -0.142. The molecule has 0 aromatic rings. The Kier molecular flexibility index (Phi) is 5.40. The third-order valence-corrected chi connectivity index (χ3v) is 4.76. The van der Waals surface area contributed by atoms with Gasteiger partial charge in [0.05, 0.1) is 12.0 Å². The molecule has 114 valence electrons. The van der Waals surface area contributed by atoms with Crippen molar-refractivity contribution in [3.05, 3.63) is 0 Å². The van der Waals surface area contributed by atoms with Crippen molar-refractivity contribution in [2.75, 3.05) is 0 Å². The fourth-order valence-corrected chi connectivity index (χ4v) is 3.44. The van der Waals surface area contributed by atoms with Gasteiger partial charge >= 0.3 is 5.97 Å². The maximum absolute atomic E-state index is 12.0. The number of rotatable bonds is 4. The second-order valence-electron chi connectivity index (χ2n) is 6.27. The van der Waals surface area contributed by atoms with E-state index in [1.807, 2.05) is 0 Å². The third-order valence-electron chi connectivity index (χ3n) is 4.76. The highest BCUT2D eigenvalue weighted by molar-refractivity contribution is 5.76. The molecule has 2 rings (SSSR count). The Morgan fingerprint density at radius 2 is 1.65 bits per heavy atom. The highest BCUT2D eigenvalue weighted by Crippen LogP contribution is 2.28. The van der Waals surface area contributed by atoms with Gasteiger partial charge < -0.3 is 15.5 Å². The number of hydrogen-bond donors (Lipinski definition) is 3. The van der Waals surface area contributed by atoms with Crippen molar-refractivity contribution < 1.29 is 19.8 Å². The highest BCUT2D eigenvalue weighted by atomic mass is 16.4. The van der Waals surface area contributed by atoms with Crippen LogP contribution in [0.2, 0.25) is 0 Å². The number of carbonyl (C=O) groups is 2. The quantitative estimate of drug-likeness (QED) is 0.732. The van der Waals surface area contributed by atoms with Gasteiger partial charge in [-0.05, 0) is 44.4 Å². The van der Waals surface area contributed by atoms with Crippen LogP contribution < -0.4 is 5.32 Å². The number of aliphatic hydroxyl groups excluding tert-OH is 1. The molecule has 0 spiro atoms. The lowest BCUT2D eigenvalue weighted by Crippen LogP contribution is -2.40. The maximum Gasteiger partial charge on any atom is 0.306 e. The summed E-state index contributed by atoms with van der Waals surface area (Å²) in [4.78, 5) is 22.9.